The molecule has 1 aliphatic heterocycles. The standard InChI is InChI=1S/C14H12Cl2N3.ClH/c15-11-4-3-10(8-12(11)16)13-9-18(7-5-17)14-2-1-6-19(13)14;/h3-4,8-9H,1-2,6-7H2;1H/q+1;/p-1. The summed E-state index contributed by atoms with van der Waals surface area (Å²) in [6.45, 7) is 1.37. The molecule has 104 valence electrons. The van der Waals surface area contributed by atoms with Gasteiger partial charge in [-0.2, -0.15) is 5.26 Å². The van der Waals surface area contributed by atoms with E-state index in [1.165, 1.54) is 5.82 Å². The summed E-state index contributed by atoms with van der Waals surface area (Å²) in [6, 6.07) is 7.85. The SMILES string of the molecule is N#CC[n+]1cc(-c2ccc(Cl)c(Cl)c2)n2c1CCC2.[Cl-]. The third kappa shape index (κ3) is 2.52. The van der Waals surface area contributed by atoms with Crippen molar-refractivity contribution < 1.29 is 17.0 Å². The van der Waals surface area contributed by atoms with Crippen molar-refractivity contribution in [2.45, 2.75) is 25.9 Å². The minimum Gasteiger partial charge on any atom is -1.00 e. The quantitative estimate of drug-likeness (QED) is 0.726. The van der Waals surface area contributed by atoms with Gasteiger partial charge in [0.05, 0.1) is 23.0 Å². The van der Waals surface area contributed by atoms with Gasteiger partial charge in [-0.1, -0.05) is 23.2 Å². The molecule has 0 unspecified atom stereocenters. The lowest BCUT2D eigenvalue weighted by atomic mass is 10.1. The van der Waals surface area contributed by atoms with Crippen molar-refractivity contribution in [1.29, 1.82) is 5.26 Å². The number of hydrogen-bond donors (Lipinski definition) is 0. The smallest absolute Gasteiger partial charge is 0.257 e. The normalized spacial score (nSPS) is 12.7. The molecule has 3 nitrogen and oxygen atoms in total. The van der Waals surface area contributed by atoms with Crippen LogP contribution in [0.1, 0.15) is 12.2 Å². The summed E-state index contributed by atoms with van der Waals surface area (Å²) < 4.78 is 4.28. The van der Waals surface area contributed by atoms with Crippen LogP contribution in [0, 0.1) is 11.3 Å². The number of halogens is 3. The topological polar surface area (TPSA) is 32.6 Å². The number of fused-ring (bicyclic) bond motifs is 1. The summed E-state index contributed by atoms with van der Waals surface area (Å²) in [7, 11) is 0. The lowest BCUT2D eigenvalue weighted by Crippen LogP contribution is -3.00. The summed E-state index contributed by atoms with van der Waals surface area (Å²) in [5.41, 5.74) is 2.13. The highest BCUT2D eigenvalue weighted by atomic mass is 35.5. The van der Waals surface area contributed by atoms with Gasteiger partial charge >= 0.3 is 0 Å². The van der Waals surface area contributed by atoms with Crippen LogP contribution in [0.4, 0.5) is 0 Å². The summed E-state index contributed by atoms with van der Waals surface area (Å²) in [5, 5.41) is 10.0. The Labute approximate surface area is 133 Å². The maximum Gasteiger partial charge on any atom is 0.257 e. The Morgan fingerprint density at radius 3 is 2.80 bits per heavy atom. The number of imidazole rings is 1. The number of hydrogen-bond acceptors (Lipinski definition) is 1. The second-order valence-corrected chi connectivity index (χ2v) is 5.42. The van der Waals surface area contributed by atoms with Crippen LogP contribution >= 0.6 is 23.2 Å². The maximum absolute atomic E-state index is 8.89. The summed E-state index contributed by atoms with van der Waals surface area (Å²) in [5.74, 6) is 1.21. The van der Waals surface area contributed by atoms with Crippen LogP contribution in [0.5, 0.6) is 0 Å². The average Bonchev–Trinajstić information content (AvgIpc) is 2.97. The van der Waals surface area contributed by atoms with E-state index in [-0.39, 0.29) is 12.4 Å². The van der Waals surface area contributed by atoms with Crippen molar-refractivity contribution >= 4 is 23.2 Å². The first-order valence-corrected chi connectivity index (χ1v) is 6.90. The number of nitriles is 1. The van der Waals surface area contributed by atoms with Crippen LogP contribution in [0.2, 0.25) is 10.0 Å². The van der Waals surface area contributed by atoms with E-state index < -0.39 is 0 Å². The van der Waals surface area contributed by atoms with Gasteiger partial charge in [-0.05, 0) is 24.6 Å². The van der Waals surface area contributed by atoms with Gasteiger partial charge in [0.15, 0.2) is 12.2 Å². The first-order chi connectivity index (χ1) is 9.20. The van der Waals surface area contributed by atoms with Gasteiger partial charge in [0.1, 0.15) is 12.3 Å². The van der Waals surface area contributed by atoms with E-state index in [9.17, 15) is 0 Å². The molecule has 0 radical (unpaired) electrons. The molecule has 0 N–H and O–H groups in total. The lowest BCUT2D eigenvalue weighted by Gasteiger charge is -2.01. The number of aromatic nitrogens is 2. The second-order valence-electron chi connectivity index (χ2n) is 4.60. The van der Waals surface area contributed by atoms with E-state index in [0.29, 0.717) is 16.6 Å². The van der Waals surface area contributed by atoms with Crippen molar-refractivity contribution in [1.82, 2.24) is 4.57 Å². The third-order valence-electron chi connectivity index (χ3n) is 3.45. The number of benzene rings is 1. The zero-order chi connectivity index (χ0) is 13.4. The van der Waals surface area contributed by atoms with E-state index in [2.05, 4.69) is 10.6 Å². The van der Waals surface area contributed by atoms with Crippen LogP contribution in [0.25, 0.3) is 11.3 Å². The highest BCUT2D eigenvalue weighted by molar-refractivity contribution is 6.42. The van der Waals surface area contributed by atoms with Crippen molar-refractivity contribution in [2.24, 2.45) is 0 Å². The Hall–Kier alpha value is -1.21. The monoisotopic (exact) mass is 327 g/mol. The molecule has 2 aromatic rings. The molecule has 1 aromatic heterocycles. The molecule has 0 saturated heterocycles. The first-order valence-electron chi connectivity index (χ1n) is 6.15. The van der Waals surface area contributed by atoms with E-state index >= 15 is 0 Å². The van der Waals surface area contributed by atoms with Crippen molar-refractivity contribution in [2.75, 3.05) is 0 Å². The molecular formula is C14H12Cl3N3. The predicted octanol–water partition coefficient (Wildman–Crippen LogP) is 0.223. The van der Waals surface area contributed by atoms with Crippen LogP contribution in [-0.2, 0) is 19.5 Å². The predicted molar refractivity (Wildman–Crippen MR) is 74.0 cm³/mol. The first kappa shape index (κ1) is 15.2. The van der Waals surface area contributed by atoms with Crippen molar-refractivity contribution in [3.63, 3.8) is 0 Å². The average molecular weight is 329 g/mol. The Morgan fingerprint density at radius 1 is 1.30 bits per heavy atom. The molecule has 0 fully saturated rings. The molecule has 1 aromatic carbocycles. The molecule has 6 heteroatoms. The minimum absolute atomic E-state index is 0. The van der Waals surface area contributed by atoms with Crippen LogP contribution < -0.4 is 17.0 Å². The van der Waals surface area contributed by atoms with Gasteiger partial charge < -0.3 is 12.4 Å². The second kappa shape index (κ2) is 6.05. The van der Waals surface area contributed by atoms with Crippen LogP contribution in [0.15, 0.2) is 24.4 Å². The van der Waals surface area contributed by atoms with Gasteiger partial charge in [0, 0.05) is 5.56 Å². The van der Waals surface area contributed by atoms with Crippen LogP contribution in [0.3, 0.4) is 0 Å². The van der Waals surface area contributed by atoms with E-state index in [1.807, 2.05) is 29.0 Å². The lowest BCUT2D eigenvalue weighted by molar-refractivity contribution is -0.691. The Bertz CT molecular complexity index is 686. The zero-order valence-electron chi connectivity index (χ0n) is 10.6. The largest absolute Gasteiger partial charge is 1.00 e. The Morgan fingerprint density at radius 2 is 2.10 bits per heavy atom. The Balaban J connectivity index is 0.00000147. The van der Waals surface area contributed by atoms with Crippen molar-refractivity contribution in [3.8, 4) is 17.3 Å². The number of nitrogens with zero attached hydrogens (tertiary/aromatic N) is 3. The molecule has 0 bridgehead atoms. The minimum atomic E-state index is 0. The van der Waals surface area contributed by atoms with E-state index in [0.717, 1.165) is 30.6 Å². The molecular weight excluding hydrogens is 317 g/mol. The Kier molecular flexibility index (Phi) is 4.59. The van der Waals surface area contributed by atoms with Crippen LogP contribution in [-0.4, -0.2) is 4.57 Å². The fourth-order valence-corrected chi connectivity index (χ4v) is 2.91. The van der Waals surface area contributed by atoms with Gasteiger partial charge in [-0.3, -0.25) is 0 Å². The summed E-state index contributed by atoms with van der Waals surface area (Å²) >= 11 is 12.0. The van der Waals surface area contributed by atoms with Gasteiger partial charge in [-0.25, -0.2) is 9.13 Å². The molecule has 0 amide bonds. The fraction of sp³-hybridized carbons (Fsp3) is 0.286. The van der Waals surface area contributed by atoms with Gasteiger partial charge in [0.2, 0.25) is 0 Å². The molecule has 2 heterocycles. The molecule has 0 spiro atoms. The fourth-order valence-electron chi connectivity index (χ4n) is 2.61. The highest BCUT2D eigenvalue weighted by Gasteiger charge is 2.28. The molecule has 1 aliphatic rings. The zero-order valence-corrected chi connectivity index (χ0v) is 12.9. The summed E-state index contributed by atoms with van der Waals surface area (Å²) in [6.07, 6.45) is 4.16. The highest BCUT2D eigenvalue weighted by Crippen LogP contribution is 2.30. The molecule has 0 aliphatic carbocycles. The van der Waals surface area contributed by atoms with E-state index in [4.69, 9.17) is 28.5 Å². The third-order valence-corrected chi connectivity index (χ3v) is 4.19. The van der Waals surface area contributed by atoms with E-state index in [1.54, 1.807) is 0 Å². The maximum atomic E-state index is 8.89. The van der Waals surface area contributed by atoms with Gasteiger partial charge in [-0.15, -0.1) is 0 Å². The molecule has 20 heavy (non-hydrogen) atoms. The van der Waals surface area contributed by atoms with Crippen molar-refractivity contribution in [3.05, 3.63) is 40.3 Å². The molecule has 0 atom stereocenters. The number of rotatable bonds is 2. The van der Waals surface area contributed by atoms with Gasteiger partial charge in [0.25, 0.3) is 5.82 Å². The summed E-state index contributed by atoms with van der Waals surface area (Å²) in [4.78, 5) is 0. The molecule has 0 saturated carbocycles. The molecule has 3 rings (SSSR count).